The molecule has 3 unspecified atom stereocenters. The average Bonchev–Trinajstić information content (AvgIpc) is 3.79. The van der Waals surface area contributed by atoms with Gasteiger partial charge in [-0.25, -0.2) is 4.79 Å². The minimum atomic E-state index is -0.657. The Morgan fingerprint density at radius 1 is 0.804 bits per heavy atom. The zero-order valence-electron chi connectivity index (χ0n) is 39.0. The van der Waals surface area contributed by atoms with Gasteiger partial charge < -0.3 is 35.9 Å². The summed E-state index contributed by atoms with van der Waals surface area (Å²) in [5, 5.41) is 11.0. The number of likely N-dealkylation sites (tertiary alicyclic amines) is 1. The number of ketones is 1. The number of aldehydes is 1. The largest absolute Gasteiger partial charge is 0.347 e. The number of hydrogen-bond donors (Lipinski definition) is 4. The van der Waals surface area contributed by atoms with Gasteiger partial charge in [0.05, 0.1) is 12.6 Å². The lowest BCUT2D eigenvalue weighted by molar-refractivity contribution is -0.138. The van der Waals surface area contributed by atoms with Crippen molar-refractivity contribution < 1.29 is 33.6 Å². The monoisotopic (exact) mass is 799 g/mol. The van der Waals surface area contributed by atoms with E-state index in [0.29, 0.717) is 38.8 Å². The molecule has 1 heterocycles. The highest BCUT2D eigenvalue weighted by atomic mass is 16.2. The number of nitrogens with zero attached hydrogens (tertiary/aromatic N) is 2. The van der Waals surface area contributed by atoms with Gasteiger partial charge in [-0.2, -0.15) is 0 Å². The number of carbonyl (C=O) groups excluding carboxylic acids is 7. The second kappa shape index (κ2) is 31.6. The van der Waals surface area contributed by atoms with Crippen LogP contribution in [0, 0.1) is 16.2 Å². The molecule has 0 spiro atoms. The number of carbonyl (C=O) groups is 7. The van der Waals surface area contributed by atoms with Crippen LogP contribution in [0.2, 0.25) is 0 Å². The van der Waals surface area contributed by atoms with Gasteiger partial charge in [-0.05, 0) is 48.9 Å². The minimum absolute atomic E-state index is 0.0154. The third kappa shape index (κ3) is 28.8. The van der Waals surface area contributed by atoms with Gasteiger partial charge in [0.25, 0.3) is 5.91 Å². The van der Waals surface area contributed by atoms with E-state index in [-0.39, 0.29) is 58.8 Å². The molecule has 56 heavy (non-hydrogen) atoms. The Bertz CT molecular complexity index is 1120. The van der Waals surface area contributed by atoms with Gasteiger partial charge in [0.2, 0.25) is 24.0 Å². The van der Waals surface area contributed by atoms with Gasteiger partial charge in [0, 0.05) is 45.1 Å². The number of nitrogens with one attached hydrogen (secondary N) is 4. The maximum Gasteiger partial charge on any atom is 0.315 e. The molecule has 6 amide bonds. The average molecular weight is 799 g/mol. The molecule has 330 valence electrons. The van der Waals surface area contributed by atoms with E-state index in [9.17, 15) is 33.6 Å². The third-order valence-electron chi connectivity index (χ3n) is 8.47. The summed E-state index contributed by atoms with van der Waals surface area (Å²) in [4.78, 5) is 84.2. The van der Waals surface area contributed by atoms with Crippen molar-refractivity contribution in [2.24, 2.45) is 16.2 Å². The van der Waals surface area contributed by atoms with Crippen LogP contribution in [0.5, 0.6) is 0 Å². The Hall–Kier alpha value is -3.51. The Balaban J connectivity index is -0.000000403. The number of urea groups is 1. The van der Waals surface area contributed by atoms with Crippen LogP contribution in [0.1, 0.15) is 169 Å². The molecule has 1 aliphatic carbocycles. The van der Waals surface area contributed by atoms with Crippen LogP contribution in [0.4, 0.5) is 4.79 Å². The van der Waals surface area contributed by atoms with Crippen LogP contribution in [0.25, 0.3) is 0 Å². The number of likely N-dealkylation sites (N-methyl/N-ethyl adjacent to an activating group) is 1. The molecule has 13 heteroatoms. The molecule has 4 N–H and O–H groups in total. The van der Waals surface area contributed by atoms with Gasteiger partial charge in [0.1, 0.15) is 12.3 Å². The Morgan fingerprint density at radius 3 is 1.71 bits per heavy atom. The summed E-state index contributed by atoms with van der Waals surface area (Å²) in [5.74, 6) is -1.71. The SMILES string of the molecule is CC.CC.CC(NC(=O)NC(CN(C)C(=O)CC(C)(C)CC=O)C(C)(C)C)C(C)(C)C.CCC.CCC.O=CN1CCCC1C(=O)NCC(=O)C(=O)NC1CC1. The fourth-order valence-electron chi connectivity index (χ4n) is 4.42. The zero-order valence-corrected chi connectivity index (χ0v) is 39.0. The van der Waals surface area contributed by atoms with Gasteiger partial charge >= 0.3 is 6.03 Å². The molecule has 2 rings (SSSR count). The van der Waals surface area contributed by atoms with Gasteiger partial charge in [-0.1, -0.05) is 124 Å². The van der Waals surface area contributed by atoms with Crippen LogP contribution in [-0.2, 0) is 28.8 Å². The zero-order chi connectivity index (χ0) is 44.9. The summed E-state index contributed by atoms with van der Waals surface area (Å²) >= 11 is 0. The molecule has 1 saturated heterocycles. The molecule has 0 aromatic heterocycles. The van der Waals surface area contributed by atoms with Crippen molar-refractivity contribution in [1.82, 2.24) is 31.1 Å². The normalized spacial score (nSPS) is 15.5. The van der Waals surface area contributed by atoms with E-state index >= 15 is 0 Å². The van der Waals surface area contributed by atoms with Gasteiger partial charge in [-0.15, -0.1) is 0 Å². The molecule has 0 aromatic carbocycles. The number of hydrogen-bond acceptors (Lipinski definition) is 7. The van der Waals surface area contributed by atoms with E-state index in [2.05, 4.69) is 69.7 Å². The summed E-state index contributed by atoms with van der Waals surface area (Å²) in [6.07, 6.45) is 7.81. The molecular formula is C43H86N6O7. The Kier molecular flexibility index (Phi) is 33.4. The maximum absolute atomic E-state index is 12.6. The van der Waals surface area contributed by atoms with Crippen molar-refractivity contribution in [3.8, 4) is 0 Å². The number of Topliss-reactive ketones (excluding diaryl/α,β-unsaturated/α-hetero) is 1. The molecule has 0 bridgehead atoms. The van der Waals surface area contributed by atoms with Crippen molar-refractivity contribution in [2.75, 3.05) is 26.7 Å². The standard InChI is InChI=1S/C21H41N3O3.C12H17N3O4.2C3H8.2C2H6/c1-15(19(2,3)4)22-18(27)23-16(20(5,6)7)14-24(10)17(26)13-21(8,9)11-12-25;16-7-15-5-1-2-9(15)11(18)13-6-10(17)12(19)14-8-3-4-8;2*1-3-2;2*1-2/h12,15-16H,11,13-14H2,1-10H3,(H2,22,23,27);7-9H,1-6H2,(H,13,18)(H,14,19);2*3H2,1-2H3;2*1-2H3. The smallest absolute Gasteiger partial charge is 0.315 e. The van der Waals surface area contributed by atoms with Crippen molar-refractivity contribution in [1.29, 1.82) is 0 Å². The first-order chi connectivity index (χ1) is 25.9. The molecule has 2 aliphatic rings. The Labute approximate surface area is 342 Å². The number of amides is 6. The highest BCUT2D eigenvalue weighted by molar-refractivity contribution is 6.37. The lowest BCUT2D eigenvalue weighted by Gasteiger charge is -2.36. The molecule has 2 fully saturated rings. The molecule has 1 saturated carbocycles. The van der Waals surface area contributed by atoms with Crippen LogP contribution >= 0.6 is 0 Å². The highest BCUT2D eigenvalue weighted by Crippen LogP contribution is 2.26. The minimum Gasteiger partial charge on any atom is -0.347 e. The molecule has 13 nitrogen and oxygen atoms in total. The second-order valence-corrected chi connectivity index (χ2v) is 16.9. The molecule has 0 aromatic rings. The second-order valence-electron chi connectivity index (χ2n) is 16.9. The van der Waals surface area contributed by atoms with E-state index in [0.717, 1.165) is 25.5 Å². The Morgan fingerprint density at radius 2 is 1.30 bits per heavy atom. The van der Waals surface area contributed by atoms with Gasteiger partial charge in [-0.3, -0.25) is 24.0 Å². The third-order valence-corrected chi connectivity index (χ3v) is 8.47. The van der Waals surface area contributed by atoms with Crippen LogP contribution < -0.4 is 21.3 Å². The molecule has 0 radical (unpaired) electrons. The van der Waals surface area contributed by atoms with E-state index < -0.39 is 17.7 Å². The van der Waals surface area contributed by atoms with E-state index in [1.807, 2.05) is 69.2 Å². The van der Waals surface area contributed by atoms with Crippen LogP contribution in [0.3, 0.4) is 0 Å². The summed E-state index contributed by atoms with van der Waals surface area (Å²) < 4.78 is 0. The highest BCUT2D eigenvalue weighted by Gasteiger charge is 2.33. The quantitative estimate of drug-likeness (QED) is 0.108. The summed E-state index contributed by atoms with van der Waals surface area (Å²) in [6, 6.07) is -0.807. The van der Waals surface area contributed by atoms with E-state index in [1.165, 1.54) is 17.7 Å². The summed E-state index contributed by atoms with van der Waals surface area (Å²) in [6.45, 7) is 35.3. The predicted octanol–water partition coefficient (Wildman–Crippen LogP) is 7.05. The predicted molar refractivity (Wildman–Crippen MR) is 230 cm³/mol. The first kappa shape index (κ1) is 59.2. The molecule has 3 atom stereocenters. The lowest BCUT2D eigenvalue weighted by atomic mass is 9.84. The molecular weight excluding hydrogens is 713 g/mol. The maximum atomic E-state index is 12.6. The topological polar surface area (TPSA) is 174 Å². The lowest BCUT2D eigenvalue weighted by Crippen LogP contribution is -2.56. The van der Waals surface area contributed by atoms with Crippen molar-refractivity contribution in [3.05, 3.63) is 0 Å². The fourth-order valence-corrected chi connectivity index (χ4v) is 4.42. The van der Waals surface area contributed by atoms with Crippen LogP contribution in [0.15, 0.2) is 0 Å². The van der Waals surface area contributed by atoms with E-state index in [1.54, 1.807) is 11.9 Å². The summed E-state index contributed by atoms with van der Waals surface area (Å²) in [7, 11) is 1.75. The van der Waals surface area contributed by atoms with Crippen LogP contribution in [-0.4, -0.2) is 103 Å². The first-order valence-electron chi connectivity index (χ1n) is 21.0. The number of rotatable bonds is 14. The first-order valence-corrected chi connectivity index (χ1v) is 21.0. The van der Waals surface area contributed by atoms with Crippen molar-refractivity contribution in [3.63, 3.8) is 0 Å². The fraction of sp³-hybridized carbons (Fsp3) is 0.837. The van der Waals surface area contributed by atoms with Crippen molar-refractivity contribution in [2.45, 2.75) is 193 Å². The van der Waals surface area contributed by atoms with Crippen molar-refractivity contribution >= 4 is 42.2 Å². The van der Waals surface area contributed by atoms with Gasteiger partial charge in [0.15, 0.2) is 0 Å². The molecule has 1 aliphatic heterocycles. The summed E-state index contributed by atoms with van der Waals surface area (Å²) in [5.41, 5.74) is -0.613. The van der Waals surface area contributed by atoms with E-state index in [4.69, 9.17) is 0 Å².